The lowest BCUT2D eigenvalue weighted by Crippen LogP contribution is -2.20. The maximum absolute atomic E-state index is 11.5. The number of aryl methyl sites for hydroxylation is 1. The molecule has 0 saturated heterocycles. The van der Waals surface area contributed by atoms with E-state index in [9.17, 15) is 4.79 Å². The minimum absolute atomic E-state index is 0.0949. The zero-order valence-electron chi connectivity index (χ0n) is 8.95. The highest BCUT2D eigenvalue weighted by molar-refractivity contribution is 5.53. The van der Waals surface area contributed by atoms with E-state index < -0.39 is 0 Å². The van der Waals surface area contributed by atoms with Gasteiger partial charge in [-0.3, -0.25) is 4.79 Å². The predicted molar refractivity (Wildman–Crippen MR) is 58.0 cm³/mol. The standard InChI is InChI=1S/C11H16N2O/c1-12(2)10-7-13(3)11(14)6-9(10)8-4-5-8/h6-8H,4-5H2,1-3H3. The summed E-state index contributed by atoms with van der Waals surface area (Å²) in [4.78, 5) is 13.6. The second-order valence-electron chi connectivity index (χ2n) is 4.23. The van der Waals surface area contributed by atoms with Gasteiger partial charge < -0.3 is 9.47 Å². The maximum Gasteiger partial charge on any atom is 0.250 e. The monoisotopic (exact) mass is 192 g/mol. The van der Waals surface area contributed by atoms with Gasteiger partial charge >= 0.3 is 0 Å². The van der Waals surface area contributed by atoms with Crippen LogP contribution in [0.2, 0.25) is 0 Å². The van der Waals surface area contributed by atoms with Crippen LogP contribution in [0.4, 0.5) is 5.69 Å². The maximum atomic E-state index is 11.5. The van der Waals surface area contributed by atoms with E-state index >= 15 is 0 Å². The molecule has 1 aliphatic carbocycles. The zero-order valence-corrected chi connectivity index (χ0v) is 8.95. The molecule has 76 valence electrons. The van der Waals surface area contributed by atoms with E-state index in [0.29, 0.717) is 5.92 Å². The summed E-state index contributed by atoms with van der Waals surface area (Å²) in [7, 11) is 5.84. The summed E-state index contributed by atoms with van der Waals surface area (Å²) in [6.45, 7) is 0. The molecule has 3 heteroatoms. The van der Waals surface area contributed by atoms with E-state index in [1.54, 1.807) is 17.7 Å². The van der Waals surface area contributed by atoms with Gasteiger partial charge in [-0.2, -0.15) is 0 Å². The van der Waals surface area contributed by atoms with Crippen molar-refractivity contribution in [2.45, 2.75) is 18.8 Å². The van der Waals surface area contributed by atoms with Gasteiger partial charge in [0.25, 0.3) is 5.56 Å². The third-order valence-corrected chi connectivity index (χ3v) is 2.74. The zero-order chi connectivity index (χ0) is 10.3. The first-order valence-electron chi connectivity index (χ1n) is 4.97. The van der Waals surface area contributed by atoms with Crippen LogP contribution in [0.1, 0.15) is 24.3 Å². The van der Waals surface area contributed by atoms with E-state index in [0.717, 1.165) is 0 Å². The molecule has 14 heavy (non-hydrogen) atoms. The molecule has 0 aromatic carbocycles. The van der Waals surface area contributed by atoms with Gasteiger partial charge in [0, 0.05) is 33.4 Å². The Hall–Kier alpha value is -1.25. The van der Waals surface area contributed by atoms with E-state index in [1.807, 2.05) is 20.3 Å². The minimum atomic E-state index is 0.0949. The molecule has 2 rings (SSSR count). The van der Waals surface area contributed by atoms with Crippen LogP contribution in [0.5, 0.6) is 0 Å². The predicted octanol–water partition coefficient (Wildman–Crippen LogP) is 1.33. The van der Waals surface area contributed by atoms with Gasteiger partial charge in [-0.25, -0.2) is 0 Å². The van der Waals surface area contributed by atoms with Crippen LogP contribution in [0.3, 0.4) is 0 Å². The molecular weight excluding hydrogens is 176 g/mol. The van der Waals surface area contributed by atoms with E-state index in [1.165, 1.54) is 24.1 Å². The summed E-state index contributed by atoms with van der Waals surface area (Å²) >= 11 is 0. The first kappa shape index (κ1) is 9.31. The second-order valence-corrected chi connectivity index (χ2v) is 4.23. The van der Waals surface area contributed by atoms with Crippen LogP contribution in [0.25, 0.3) is 0 Å². The van der Waals surface area contributed by atoms with E-state index in [4.69, 9.17) is 0 Å². The van der Waals surface area contributed by atoms with Gasteiger partial charge in [0.15, 0.2) is 0 Å². The number of rotatable bonds is 2. The number of pyridine rings is 1. The van der Waals surface area contributed by atoms with Gasteiger partial charge in [-0.15, -0.1) is 0 Å². The molecule has 1 heterocycles. The van der Waals surface area contributed by atoms with Crippen molar-refractivity contribution < 1.29 is 0 Å². The minimum Gasteiger partial charge on any atom is -0.376 e. The van der Waals surface area contributed by atoms with E-state index in [-0.39, 0.29) is 5.56 Å². The Bertz CT molecular complexity index is 402. The third-order valence-electron chi connectivity index (χ3n) is 2.74. The summed E-state index contributed by atoms with van der Waals surface area (Å²) in [6, 6.07) is 1.78. The molecule has 0 bridgehead atoms. The van der Waals surface area contributed by atoms with Crippen molar-refractivity contribution in [2.75, 3.05) is 19.0 Å². The molecule has 1 aromatic rings. The Balaban J connectivity index is 2.54. The summed E-state index contributed by atoms with van der Waals surface area (Å²) in [5.41, 5.74) is 2.49. The number of aromatic nitrogens is 1. The Kier molecular flexibility index (Phi) is 2.10. The van der Waals surface area contributed by atoms with Crippen molar-refractivity contribution >= 4 is 5.69 Å². The lowest BCUT2D eigenvalue weighted by molar-refractivity contribution is 0.841. The Morgan fingerprint density at radius 1 is 1.43 bits per heavy atom. The highest BCUT2D eigenvalue weighted by atomic mass is 16.1. The Morgan fingerprint density at radius 2 is 2.07 bits per heavy atom. The average molecular weight is 192 g/mol. The summed E-state index contributed by atoms with van der Waals surface area (Å²) in [6.07, 6.45) is 4.39. The van der Waals surface area contributed by atoms with Crippen molar-refractivity contribution in [3.05, 3.63) is 28.2 Å². The van der Waals surface area contributed by atoms with Crippen molar-refractivity contribution in [1.29, 1.82) is 0 Å². The van der Waals surface area contributed by atoms with Crippen LogP contribution < -0.4 is 10.5 Å². The molecule has 0 atom stereocenters. The highest BCUT2D eigenvalue weighted by Crippen LogP contribution is 2.43. The quantitative estimate of drug-likeness (QED) is 0.706. The molecule has 0 aliphatic heterocycles. The van der Waals surface area contributed by atoms with Crippen molar-refractivity contribution in [3.8, 4) is 0 Å². The van der Waals surface area contributed by atoms with Crippen molar-refractivity contribution in [2.24, 2.45) is 7.05 Å². The van der Waals surface area contributed by atoms with Crippen LogP contribution in [0.15, 0.2) is 17.1 Å². The number of hydrogen-bond acceptors (Lipinski definition) is 2. The second kappa shape index (κ2) is 3.15. The van der Waals surface area contributed by atoms with Gasteiger partial charge in [0.2, 0.25) is 0 Å². The van der Waals surface area contributed by atoms with Gasteiger partial charge in [0.05, 0.1) is 5.69 Å². The molecule has 0 amide bonds. The van der Waals surface area contributed by atoms with Gasteiger partial charge in [-0.1, -0.05) is 0 Å². The SMILES string of the molecule is CN(C)c1cn(C)c(=O)cc1C1CC1. The molecule has 3 nitrogen and oxygen atoms in total. The fraction of sp³-hybridized carbons (Fsp3) is 0.545. The molecular formula is C11H16N2O. The number of hydrogen-bond donors (Lipinski definition) is 0. The molecule has 1 saturated carbocycles. The van der Waals surface area contributed by atoms with Crippen molar-refractivity contribution in [3.63, 3.8) is 0 Å². The number of anilines is 1. The number of nitrogens with zero attached hydrogens (tertiary/aromatic N) is 2. The molecule has 1 aromatic heterocycles. The lowest BCUT2D eigenvalue weighted by atomic mass is 10.1. The Labute approximate surface area is 84.0 Å². The van der Waals surface area contributed by atoms with Gasteiger partial charge in [0.1, 0.15) is 0 Å². The third kappa shape index (κ3) is 1.54. The molecule has 0 N–H and O–H groups in total. The summed E-state index contributed by atoms with van der Waals surface area (Å²) in [5.74, 6) is 0.626. The normalized spacial score (nSPS) is 15.6. The largest absolute Gasteiger partial charge is 0.376 e. The van der Waals surface area contributed by atoms with E-state index in [2.05, 4.69) is 4.90 Å². The fourth-order valence-electron chi connectivity index (χ4n) is 1.73. The molecule has 0 radical (unpaired) electrons. The summed E-state index contributed by atoms with van der Waals surface area (Å²) in [5, 5.41) is 0. The highest BCUT2D eigenvalue weighted by Gasteiger charge is 2.27. The van der Waals surface area contributed by atoms with Crippen molar-refractivity contribution in [1.82, 2.24) is 4.57 Å². The van der Waals surface area contributed by atoms with Gasteiger partial charge in [-0.05, 0) is 24.3 Å². The average Bonchev–Trinajstić information content (AvgIpc) is 2.91. The molecule has 1 aliphatic rings. The topological polar surface area (TPSA) is 25.2 Å². The first-order valence-corrected chi connectivity index (χ1v) is 4.97. The fourth-order valence-corrected chi connectivity index (χ4v) is 1.73. The molecule has 0 unspecified atom stereocenters. The Morgan fingerprint density at radius 3 is 2.57 bits per heavy atom. The molecule has 0 spiro atoms. The first-order chi connectivity index (χ1) is 6.59. The van der Waals surface area contributed by atoms with Crippen LogP contribution in [-0.4, -0.2) is 18.7 Å². The smallest absolute Gasteiger partial charge is 0.250 e. The molecule has 1 fully saturated rings. The summed E-state index contributed by atoms with van der Waals surface area (Å²) < 4.78 is 1.64. The van der Waals surface area contributed by atoms with Crippen LogP contribution in [-0.2, 0) is 7.05 Å². The lowest BCUT2D eigenvalue weighted by Gasteiger charge is -2.17. The van der Waals surface area contributed by atoms with Crippen LogP contribution >= 0.6 is 0 Å². The van der Waals surface area contributed by atoms with Crippen LogP contribution in [0, 0.1) is 0 Å².